The van der Waals surface area contributed by atoms with E-state index in [9.17, 15) is 10.2 Å². The third kappa shape index (κ3) is 5.13. The molecular weight excluding hydrogens is 435 g/mol. The van der Waals surface area contributed by atoms with Gasteiger partial charge in [0.1, 0.15) is 17.2 Å². The number of hydrogen-bond acceptors (Lipinski definition) is 5. The average molecular weight is 459 g/mol. The molecule has 0 spiro atoms. The summed E-state index contributed by atoms with van der Waals surface area (Å²) in [5, 5.41) is 21.5. The van der Waals surface area contributed by atoms with Crippen molar-refractivity contribution in [3.8, 4) is 5.88 Å². The summed E-state index contributed by atoms with van der Waals surface area (Å²) >= 11 is 12.2. The largest absolute Gasteiger partial charge is 0.471 e. The van der Waals surface area contributed by atoms with Crippen molar-refractivity contribution in [3.05, 3.63) is 87.5 Å². The summed E-state index contributed by atoms with van der Waals surface area (Å²) in [5.74, 6) is 0.451. The van der Waals surface area contributed by atoms with Crippen LogP contribution in [0.15, 0.2) is 60.8 Å². The first-order valence-corrected chi connectivity index (χ1v) is 11.0. The van der Waals surface area contributed by atoms with Crippen molar-refractivity contribution in [2.75, 3.05) is 24.6 Å². The van der Waals surface area contributed by atoms with Gasteiger partial charge in [0.2, 0.25) is 5.88 Å². The van der Waals surface area contributed by atoms with Gasteiger partial charge < -0.3 is 19.8 Å². The zero-order valence-electron chi connectivity index (χ0n) is 16.9. The molecule has 0 radical (unpaired) electrons. The molecular formula is C24H24Cl2N2O3. The Morgan fingerprint density at radius 3 is 2.71 bits per heavy atom. The number of hydrogen-bond donors (Lipinski definition) is 2. The molecule has 7 heteroatoms. The molecule has 0 aliphatic carbocycles. The van der Waals surface area contributed by atoms with E-state index in [4.69, 9.17) is 27.9 Å². The van der Waals surface area contributed by atoms with E-state index >= 15 is 0 Å². The van der Waals surface area contributed by atoms with Crippen molar-refractivity contribution in [2.45, 2.75) is 25.0 Å². The van der Waals surface area contributed by atoms with E-state index in [1.165, 1.54) is 0 Å². The van der Waals surface area contributed by atoms with E-state index in [0.717, 1.165) is 35.3 Å². The summed E-state index contributed by atoms with van der Waals surface area (Å²) in [6.45, 7) is 1.55. The smallest absolute Gasteiger partial charge is 0.232 e. The first-order valence-electron chi connectivity index (χ1n) is 10.2. The predicted molar refractivity (Wildman–Crippen MR) is 123 cm³/mol. The van der Waals surface area contributed by atoms with Gasteiger partial charge in [-0.05, 0) is 53.4 Å². The standard InChI is InChI=1S/C24H24Cl2N2O3/c25-19-4-1-3-17(14-19)23(30)18-6-7-22(16(13-18)9-12-29)28-11-8-20(15-28)31-24-21(26)5-2-10-27-24/h1-7,10,13-14,20,23,29-30H,8-9,11-12,15H2. The normalized spacial score (nSPS) is 17.0. The van der Waals surface area contributed by atoms with Crippen LogP contribution in [0.25, 0.3) is 0 Å². The SMILES string of the molecule is OCCc1cc(C(O)c2cccc(Cl)c2)ccc1N1CCC(Oc2ncccc2Cl)C1. The van der Waals surface area contributed by atoms with E-state index in [1.807, 2.05) is 30.3 Å². The molecule has 31 heavy (non-hydrogen) atoms. The second-order valence-electron chi connectivity index (χ2n) is 7.58. The quantitative estimate of drug-likeness (QED) is 0.538. The summed E-state index contributed by atoms with van der Waals surface area (Å²) in [7, 11) is 0. The molecule has 2 N–H and O–H groups in total. The minimum absolute atomic E-state index is 0.0221. The maximum absolute atomic E-state index is 10.8. The molecule has 1 aliphatic heterocycles. The van der Waals surface area contributed by atoms with E-state index in [-0.39, 0.29) is 12.7 Å². The lowest BCUT2D eigenvalue weighted by molar-refractivity contribution is 0.216. The molecule has 162 valence electrons. The van der Waals surface area contributed by atoms with Gasteiger partial charge in [-0.3, -0.25) is 0 Å². The molecule has 0 amide bonds. The van der Waals surface area contributed by atoms with Gasteiger partial charge >= 0.3 is 0 Å². The Morgan fingerprint density at radius 1 is 1.10 bits per heavy atom. The first-order chi connectivity index (χ1) is 15.0. The number of rotatable bonds is 7. The summed E-state index contributed by atoms with van der Waals surface area (Å²) in [6.07, 6.45) is 2.20. The van der Waals surface area contributed by atoms with Gasteiger partial charge in [-0.2, -0.15) is 0 Å². The molecule has 2 unspecified atom stereocenters. The fourth-order valence-corrected chi connectivity index (χ4v) is 4.30. The highest BCUT2D eigenvalue weighted by molar-refractivity contribution is 6.31. The van der Waals surface area contributed by atoms with Gasteiger partial charge in [0.25, 0.3) is 0 Å². The van der Waals surface area contributed by atoms with Crippen molar-refractivity contribution >= 4 is 28.9 Å². The number of ether oxygens (including phenoxy) is 1. The lowest BCUT2D eigenvalue weighted by Gasteiger charge is -2.24. The van der Waals surface area contributed by atoms with E-state index in [2.05, 4.69) is 9.88 Å². The van der Waals surface area contributed by atoms with E-state index in [0.29, 0.717) is 28.9 Å². The van der Waals surface area contributed by atoms with Crippen LogP contribution >= 0.6 is 23.2 Å². The van der Waals surface area contributed by atoms with Crippen LogP contribution in [0, 0.1) is 0 Å². The highest BCUT2D eigenvalue weighted by Crippen LogP contribution is 2.32. The molecule has 4 rings (SSSR count). The van der Waals surface area contributed by atoms with Crippen molar-refractivity contribution in [1.82, 2.24) is 4.98 Å². The van der Waals surface area contributed by atoms with Crippen molar-refractivity contribution in [3.63, 3.8) is 0 Å². The molecule has 1 aromatic heterocycles. The minimum Gasteiger partial charge on any atom is -0.471 e. The van der Waals surface area contributed by atoms with Crippen LogP contribution < -0.4 is 9.64 Å². The monoisotopic (exact) mass is 458 g/mol. The summed E-state index contributed by atoms with van der Waals surface area (Å²) in [6, 6.07) is 16.6. The highest BCUT2D eigenvalue weighted by atomic mass is 35.5. The topological polar surface area (TPSA) is 65.8 Å². The Bertz CT molecular complexity index is 1050. The van der Waals surface area contributed by atoms with Crippen molar-refractivity contribution in [1.29, 1.82) is 0 Å². The third-order valence-corrected chi connectivity index (χ3v) is 5.98. The first kappa shape index (κ1) is 21.9. The lowest BCUT2D eigenvalue weighted by Crippen LogP contribution is -2.26. The second kappa shape index (κ2) is 9.88. The molecule has 5 nitrogen and oxygen atoms in total. The lowest BCUT2D eigenvalue weighted by atomic mass is 9.97. The Balaban J connectivity index is 1.52. The Hall–Kier alpha value is -2.31. The van der Waals surface area contributed by atoms with Crippen LogP contribution in [-0.2, 0) is 6.42 Å². The van der Waals surface area contributed by atoms with Crippen LogP contribution in [-0.4, -0.2) is 41.0 Å². The summed E-state index contributed by atoms with van der Waals surface area (Å²) in [5.41, 5.74) is 3.52. The van der Waals surface area contributed by atoms with Gasteiger partial charge in [-0.15, -0.1) is 0 Å². The van der Waals surface area contributed by atoms with Gasteiger partial charge in [0.05, 0.1) is 6.54 Å². The maximum Gasteiger partial charge on any atom is 0.232 e. The molecule has 2 atom stereocenters. The molecule has 0 saturated carbocycles. The maximum atomic E-state index is 10.8. The van der Waals surface area contributed by atoms with Crippen LogP contribution in [0.4, 0.5) is 5.69 Å². The molecule has 2 heterocycles. The highest BCUT2D eigenvalue weighted by Gasteiger charge is 2.27. The summed E-state index contributed by atoms with van der Waals surface area (Å²) < 4.78 is 6.00. The fourth-order valence-electron chi connectivity index (χ4n) is 3.93. The Kier molecular flexibility index (Phi) is 6.98. The van der Waals surface area contributed by atoms with Crippen molar-refractivity contribution < 1.29 is 14.9 Å². The van der Waals surface area contributed by atoms with E-state index < -0.39 is 6.10 Å². The molecule has 3 aromatic rings. The summed E-state index contributed by atoms with van der Waals surface area (Å²) in [4.78, 5) is 6.45. The predicted octanol–water partition coefficient (Wildman–Crippen LogP) is 4.66. The number of aliphatic hydroxyl groups excluding tert-OH is 2. The zero-order valence-corrected chi connectivity index (χ0v) is 18.4. The Morgan fingerprint density at radius 2 is 1.94 bits per heavy atom. The minimum atomic E-state index is -0.786. The Labute approximate surface area is 191 Å². The van der Waals surface area contributed by atoms with Gasteiger partial charge in [0.15, 0.2) is 0 Å². The number of benzene rings is 2. The molecule has 1 fully saturated rings. The molecule has 1 aliphatic rings. The number of aromatic nitrogens is 1. The number of pyridine rings is 1. The molecule has 0 bridgehead atoms. The second-order valence-corrected chi connectivity index (χ2v) is 8.43. The third-order valence-electron chi connectivity index (χ3n) is 5.45. The van der Waals surface area contributed by atoms with Gasteiger partial charge in [-0.25, -0.2) is 4.98 Å². The van der Waals surface area contributed by atoms with Crippen LogP contribution in [0.5, 0.6) is 5.88 Å². The fraction of sp³-hybridized carbons (Fsp3) is 0.292. The number of anilines is 1. The zero-order chi connectivity index (χ0) is 21.8. The van der Waals surface area contributed by atoms with Crippen LogP contribution in [0.3, 0.4) is 0 Å². The molecule has 1 saturated heterocycles. The van der Waals surface area contributed by atoms with Gasteiger partial charge in [-0.1, -0.05) is 47.5 Å². The van der Waals surface area contributed by atoms with Crippen LogP contribution in [0.2, 0.25) is 10.0 Å². The average Bonchev–Trinajstić information content (AvgIpc) is 3.23. The van der Waals surface area contributed by atoms with Gasteiger partial charge in [0, 0.05) is 36.5 Å². The number of halogens is 2. The number of nitrogens with zero attached hydrogens (tertiary/aromatic N) is 2. The van der Waals surface area contributed by atoms with E-state index in [1.54, 1.807) is 30.5 Å². The van der Waals surface area contributed by atoms with Crippen molar-refractivity contribution in [2.24, 2.45) is 0 Å². The van der Waals surface area contributed by atoms with Crippen LogP contribution in [0.1, 0.15) is 29.2 Å². The number of aliphatic hydroxyl groups is 2. The molecule has 2 aromatic carbocycles.